The molecule has 0 saturated carbocycles. The number of aryl methyl sites for hydroxylation is 1. The van der Waals surface area contributed by atoms with E-state index in [2.05, 4.69) is 0 Å². The summed E-state index contributed by atoms with van der Waals surface area (Å²) in [5.74, 6) is -1.42. The number of hydrogen-bond acceptors (Lipinski definition) is 2. The Morgan fingerprint density at radius 3 is 2.36 bits per heavy atom. The lowest BCUT2D eigenvalue weighted by Gasteiger charge is -2.15. The highest BCUT2D eigenvalue weighted by Gasteiger charge is 2.30. The zero-order chi connectivity index (χ0) is 16.7. The van der Waals surface area contributed by atoms with Gasteiger partial charge in [-0.2, -0.15) is 13.2 Å². The topological polar surface area (TPSA) is 59.3 Å². The van der Waals surface area contributed by atoms with Crippen LogP contribution < -0.4 is 5.56 Å². The quantitative estimate of drug-likeness (QED) is 0.926. The second-order valence-electron chi connectivity index (χ2n) is 4.82. The molecule has 0 saturated heterocycles. The summed E-state index contributed by atoms with van der Waals surface area (Å²) in [5, 5.41) is 9.04. The van der Waals surface area contributed by atoms with Gasteiger partial charge in [-0.05, 0) is 43.7 Å². The number of benzene rings is 1. The standard InChI is InChI=1S/C15H12F3NO3/c1-8-6-12(14(21)22)13(20)19(9(8)2)11-5-3-4-10(7-11)15(16,17)18/h3-7H,1-2H3,(H,21,22). The van der Waals surface area contributed by atoms with E-state index in [1.165, 1.54) is 18.2 Å². The van der Waals surface area contributed by atoms with Crippen molar-refractivity contribution in [3.8, 4) is 5.69 Å². The summed E-state index contributed by atoms with van der Waals surface area (Å²) in [6.07, 6.45) is -4.55. The van der Waals surface area contributed by atoms with Crippen molar-refractivity contribution in [2.75, 3.05) is 0 Å². The monoisotopic (exact) mass is 311 g/mol. The van der Waals surface area contributed by atoms with E-state index in [4.69, 9.17) is 5.11 Å². The summed E-state index contributed by atoms with van der Waals surface area (Å²) in [6, 6.07) is 5.42. The predicted octanol–water partition coefficient (Wildman–Crippen LogP) is 3.17. The van der Waals surface area contributed by atoms with Crippen molar-refractivity contribution in [1.29, 1.82) is 0 Å². The minimum Gasteiger partial charge on any atom is -0.477 e. The van der Waals surface area contributed by atoms with Gasteiger partial charge in [-0.1, -0.05) is 6.07 Å². The first-order chi connectivity index (χ1) is 10.1. The molecule has 0 atom stereocenters. The van der Waals surface area contributed by atoms with Gasteiger partial charge in [0, 0.05) is 11.4 Å². The maximum atomic E-state index is 12.8. The molecule has 0 aliphatic rings. The molecule has 116 valence electrons. The van der Waals surface area contributed by atoms with Crippen LogP contribution in [0.25, 0.3) is 5.69 Å². The molecular weight excluding hydrogens is 299 g/mol. The maximum absolute atomic E-state index is 12.8. The molecule has 1 aromatic carbocycles. The second-order valence-corrected chi connectivity index (χ2v) is 4.82. The lowest BCUT2D eigenvalue weighted by molar-refractivity contribution is -0.137. The van der Waals surface area contributed by atoms with Crippen LogP contribution in [0.2, 0.25) is 0 Å². The number of halogens is 3. The van der Waals surface area contributed by atoms with E-state index in [9.17, 15) is 22.8 Å². The Bertz CT molecular complexity index is 807. The first-order valence-corrected chi connectivity index (χ1v) is 6.27. The Balaban J connectivity index is 2.78. The number of pyridine rings is 1. The number of nitrogens with zero attached hydrogens (tertiary/aromatic N) is 1. The van der Waals surface area contributed by atoms with Crippen molar-refractivity contribution in [1.82, 2.24) is 4.57 Å². The molecule has 0 fully saturated rings. The fourth-order valence-electron chi connectivity index (χ4n) is 2.12. The Morgan fingerprint density at radius 2 is 1.82 bits per heavy atom. The van der Waals surface area contributed by atoms with Crippen LogP contribution in [0.1, 0.15) is 27.2 Å². The number of carbonyl (C=O) groups is 1. The molecule has 0 unspecified atom stereocenters. The molecule has 2 rings (SSSR count). The molecule has 0 bridgehead atoms. The molecule has 0 amide bonds. The van der Waals surface area contributed by atoms with Crippen LogP contribution in [-0.2, 0) is 6.18 Å². The highest BCUT2D eigenvalue weighted by Crippen LogP contribution is 2.30. The van der Waals surface area contributed by atoms with Gasteiger partial charge in [0.2, 0.25) is 0 Å². The molecule has 1 aromatic heterocycles. The number of aromatic carboxylic acids is 1. The molecule has 1 N–H and O–H groups in total. The van der Waals surface area contributed by atoms with Crippen LogP contribution >= 0.6 is 0 Å². The zero-order valence-corrected chi connectivity index (χ0v) is 11.7. The smallest absolute Gasteiger partial charge is 0.416 e. The Morgan fingerprint density at radius 1 is 1.18 bits per heavy atom. The number of carboxylic acid groups (broad SMARTS) is 1. The maximum Gasteiger partial charge on any atom is 0.416 e. The van der Waals surface area contributed by atoms with Crippen molar-refractivity contribution in [3.05, 3.63) is 63.1 Å². The van der Waals surface area contributed by atoms with Crippen LogP contribution in [0.4, 0.5) is 13.2 Å². The zero-order valence-electron chi connectivity index (χ0n) is 11.7. The van der Waals surface area contributed by atoms with Gasteiger partial charge in [-0.3, -0.25) is 9.36 Å². The van der Waals surface area contributed by atoms with Crippen LogP contribution in [-0.4, -0.2) is 15.6 Å². The highest BCUT2D eigenvalue weighted by atomic mass is 19.4. The van der Waals surface area contributed by atoms with E-state index in [0.717, 1.165) is 16.7 Å². The predicted molar refractivity (Wildman–Crippen MR) is 73.5 cm³/mol. The Hall–Kier alpha value is -2.57. The summed E-state index contributed by atoms with van der Waals surface area (Å²) in [6.45, 7) is 3.13. The van der Waals surface area contributed by atoms with E-state index in [-0.39, 0.29) is 5.69 Å². The summed E-state index contributed by atoms with van der Waals surface area (Å²) in [7, 11) is 0. The molecule has 0 spiro atoms. The van der Waals surface area contributed by atoms with Crippen LogP contribution in [0.15, 0.2) is 35.1 Å². The van der Waals surface area contributed by atoms with E-state index >= 15 is 0 Å². The SMILES string of the molecule is Cc1cc(C(=O)O)c(=O)n(-c2cccc(C(F)(F)F)c2)c1C. The lowest BCUT2D eigenvalue weighted by atomic mass is 10.1. The van der Waals surface area contributed by atoms with Gasteiger partial charge in [0.25, 0.3) is 5.56 Å². The van der Waals surface area contributed by atoms with Gasteiger partial charge in [0.05, 0.1) is 5.56 Å². The third kappa shape index (κ3) is 2.74. The largest absolute Gasteiger partial charge is 0.477 e. The minimum absolute atomic E-state index is 0.0245. The fourth-order valence-corrected chi connectivity index (χ4v) is 2.12. The number of rotatable bonds is 2. The lowest BCUT2D eigenvalue weighted by Crippen LogP contribution is -2.27. The average molecular weight is 311 g/mol. The summed E-state index contributed by atoms with van der Waals surface area (Å²) >= 11 is 0. The molecule has 2 aromatic rings. The van der Waals surface area contributed by atoms with Gasteiger partial charge in [-0.15, -0.1) is 0 Å². The van der Waals surface area contributed by atoms with E-state index < -0.39 is 28.8 Å². The van der Waals surface area contributed by atoms with Crippen LogP contribution in [0, 0.1) is 13.8 Å². The Kier molecular flexibility index (Phi) is 3.83. The molecule has 0 aliphatic carbocycles. The molecule has 7 heteroatoms. The third-order valence-electron chi connectivity index (χ3n) is 3.36. The number of carboxylic acids is 1. The average Bonchev–Trinajstić information content (AvgIpc) is 2.42. The van der Waals surface area contributed by atoms with Gasteiger partial charge >= 0.3 is 12.1 Å². The Labute approximate surface area is 123 Å². The van der Waals surface area contributed by atoms with Gasteiger partial charge in [-0.25, -0.2) is 4.79 Å². The van der Waals surface area contributed by atoms with Crippen molar-refractivity contribution in [2.45, 2.75) is 20.0 Å². The second kappa shape index (κ2) is 5.32. The minimum atomic E-state index is -4.55. The molecule has 22 heavy (non-hydrogen) atoms. The summed E-state index contributed by atoms with van der Waals surface area (Å²) in [4.78, 5) is 23.3. The van der Waals surface area contributed by atoms with E-state index in [0.29, 0.717) is 11.3 Å². The molecular formula is C15H12F3NO3. The van der Waals surface area contributed by atoms with Crippen molar-refractivity contribution < 1.29 is 23.1 Å². The van der Waals surface area contributed by atoms with E-state index in [1.54, 1.807) is 13.8 Å². The molecule has 4 nitrogen and oxygen atoms in total. The number of aromatic nitrogens is 1. The van der Waals surface area contributed by atoms with Crippen LogP contribution in [0.3, 0.4) is 0 Å². The first-order valence-electron chi connectivity index (χ1n) is 6.27. The normalized spacial score (nSPS) is 11.5. The molecule has 0 aliphatic heterocycles. The number of hydrogen-bond donors (Lipinski definition) is 1. The molecule has 0 radical (unpaired) electrons. The third-order valence-corrected chi connectivity index (χ3v) is 3.36. The van der Waals surface area contributed by atoms with Crippen molar-refractivity contribution in [3.63, 3.8) is 0 Å². The highest BCUT2D eigenvalue weighted by molar-refractivity contribution is 5.87. The van der Waals surface area contributed by atoms with E-state index in [1.807, 2.05) is 0 Å². The molecule has 1 heterocycles. The van der Waals surface area contributed by atoms with Gasteiger partial charge < -0.3 is 5.11 Å². The van der Waals surface area contributed by atoms with Crippen molar-refractivity contribution in [2.24, 2.45) is 0 Å². The summed E-state index contributed by atoms with van der Waals surface area (Å²) < 4.78 is 39.4. The number of alkyl halides is 3. The summed E-state index contributed by atoms with van der Waals surface area (Å²) in [5.41, 5.74) is -1.41. The van der Waals surface area contributed by atoms with Crippen molar-refractivity contribution >= 4 is 5.97 Å². The van der Waals surface area contributed by atoms with Gasteiger partial charge in [0.15, 0.2) is 0 Å². The first kappa shape index (κ1) is 15.8. The van der Waals surface area contributed by atoms with Gasteiger partial charge in [0.1, 0.15) is 5.56 Å². The van der Waals surface area contributed by atoms with Crippen LogP contribution in [0.5, 0.6) is 0 Å². The fraction of sp³-hybridized carbons (Fsp3) is 0.200.